The second-order valence-corrected chi connectivity index (χ2v) is 5.81. The van der Waals surface area contributed by atoms with Gasteiger partial charge in [-0.25, -0.2) is 4.98 Å². The zero-order valence-corrected chi connectivity index (χ0v) is 12.0. The van der Waals surface area contributed by atoms with E-state index < -0.39 is 0 Å². The quantitative estimate of drug-likeness (QED) is 0.901. The molecule has 0 spiro atoms. The van der Waals surface area contributed by atoms with Crippen LogP contribution < -0.4 is 10.2 Å². The minimum absolute atomic E-state index is 0.780. The first-order chi connectivity index (χ1) is 8.83. The lowest BCUT2D eigenvalue weighted by atomic mass is 10.2. The van der Waals surface area contributed by atoms with E-state index in [0.29, 0.717) is 0 Å². The topological polar surface area (TPSA) is 41.1 Å². The van der Waals surface area contributed by atoms with Crippen LogP contribution in [0.2, 0.25) is 0 Å². The molecule has 1 aliphatic heterocycles. The van der Waals surface area contributed by atoms with Crippen molar-refractivity contribution >= 4 is 17.6 Å². The van der Waals surface area contributed by atoms with E-state index in [1.54, 1.807) is 0 Å². The summed E-state index contributed by atoms with van der Waals surface area (Å²) in [4.78, 5) is 11.3. The van der Waals surface area contributed by atoms with Crippen molar-refractivity contribution in [3.8, 4) is 0 Å². The molecule has 1 aliphatic rings. The van der Waals surface area contributed by atoms with Gasteiger partial charge in [-0.1, -0.05) is 0 Å². The van der Waals surface area contributed by atoms with E-state index in [0.717, 1.165) is 36.4 Å². The summed E-state index contributed by atoms with van der Waals surface area (Å²) >= 11 is 1.99. The fourth-order valence-electron chi connectivity index (χ4n) is 2.34. The molecule has 1 unspecified atom stereocenters. The number of hydrogen-bond acceptors (Lipinski definition) is 5. The number of nitrogens with zero attached hydrogens (tertiary/aromatic N) is 3. The Balaban J connectivity index is 2.03. The van der Waals surface area contributed by atoms with E-state index in [1.165, 1.54) is 19.3 Å². The lowest BCUT2D eigenvalue weighted by Gasteiger charge is -2.21. The monoisotopic (exact) mass is 266 g/mol. The highest BCUT2D eigenvalue weighted by Gasteiger charge is 2.17. The van der Waals surface area contributed by atoms with Crippen molar-refractivity contribution in [3.63, 3.8) is 0 Å². The third-order valence-corrected chi connectivity index (χ3v) is 4.50. The van der Waals surface area contributed by atoms with E-state index in [4.69, 9.17) is 0 Å². The molecule has 0 amide bonds. The summed E-state index contributed by atoms with van der Waals surface area (Å²) < 4.78 is 0. The van der Waals surface area contributed by atoms with Gasteiger partial charge in [0.15, 0.2) is 0 Å². The lowest BCUT2D eigenvalue weighted by Crippen LogP contribution is -2.26. The number of thioether (sulfide) groups is 1. The number of anilines is 1. The van der Waals surface area contributed by atoms with Gasteiger partial charge in [-0.15, -0.1) is 0 Å². The van der Waals surface area contributed by atoms with Crippen molar-refractivity contribution in [2.24, 2.45) is 0 Å². The van der Waals surface area contributed by atoms with Gasteiger partial charge in [0, 0.05) is 31.1 Å². The van der Waals surface area contributed by atoms with Crippen LogP contribution in [0.15, 0.2) is 12.4 Å². The van der Waals surface area contributed by atoms with Crippen molar-refractivity contribution < 1.29 is 0 Å². The van der Waals surface area contributed by atoms with Gasteiger partial charge in [-0.2, -0.15) is 11.8 Å². The van der Waals surface area contributed by atoms with Crippen molar-refractivity contribution in [2.75, 3.05) is 31.3 Å². The van der Waals surface area contributed by atoms with E-state index in [9.17, 15) is 0 Å². The smallest absolute Gasteiger partial charge is 0.147 e. The van der Waals surface area contributed by atoms with Gasteiger partial charge in [-0.3, -0.25) is 4.98 Å². The molecule has 0 aliphatic carbocycles. The van der Waals surface area contributed by atoms with Crippen LogP contribution in [0.25, 0.3) is 0 Å². The van der Waals surface area contributed by atoms with Crippen molar-refractivity contribution in [1.29, 1.82) is 0 Å². The Morgan fingerprint density at radius 1 is 1.39 bits per heavy atom. The maximum Gasteiger partial charge on any atom is 0.147 e. The number of nitrogens with one attached hydrogen (secondary N) is 1. The van der Waals surface area contributed by atoms with Crippen LogP contribution in [-0.4, -0.2) is 41.6 Å². The summed E-state index contributed by atoms with van der Waals surface area (Å²) in [5.41, 5.74) is 1.01. The number of hydrogen-bond donors (Lipinski definition) is 1. The average Bonchev–Trinajstić information content (AvgIpc) is 2.65. The molecule has 1 saturated heterocycles. The van der Waals surface area contributed by atoms with E-state index in [-0.39, 0.29) is 0 Å². The van der Waals surface area contributed by atoms with Crippen LogP contribution in [0.1, 0.15) is 25.0 Å². The predicted octanol–water partition coefficient (Wildman–Crippen LogP) is 1.92. The molecule has 0 saturated carbocycles. The summed E-state index contributed by atoms with van der Waals surface area (Å²) in [6.45, 7) is 2.99. The molecule has 1 N–H and O–H groups in total. The van der Waals surface area contributed by atoms with E-state index >= 15 is 0 Å². The molecular weight excluding hydrogens is 244 g/mol. The molecule has 1 aromatic rings. The lowest BCUT2D eigenvalue weighted by molar-refractivity contribution is 0.744. The van der Waals surface area contributed by atoms with Crippen LogP contribution in [0, 0.1) is 0 Å². The largest absolute Gasteiger partial charge is 0.355 e. The molecule has 1 fully saturated rings. The molecule has 18 heavy (non-hydrogen) atoms. The summed E-state index contributed by atoms with van der Waals surface area (Å²) in [5, 5.41) is 3.93. The SMILES string of the molecule is CNCc1cncc(N2CCCC(SC)CC2)n1. The van der Waals surface area contributed by atoms with Gasteiger partial charge < -0.3 is 10.2 Å². The van der Waals surface area contributed by atoms with Crippen LogP contribution in [0.3, 0.4) is 0 Å². The summed E-state index contributed by atoms with van der Waals surface area (Å²) in [7, 11) is 1.93. The Labute approximate surface area is 114 Å². The molecule has 0 radical (unpaired) electrons. The molecule has 2 heterocycles. The van der Waals surface area contributed by atoms with Crippen molar-refractivity contribution in [1.82, 2.24) is 15.3 Å². The van der Waals surface area contributed by atoms with Crippen molar-refractivity contribution in [2.45, 2.75) is 31.1 Å². The summed E-state index contributed by atoms with van der Waals surface area (Å²) in [5.74, 6) is 1.03. The fourth-order valence-corrected chi connectivity index (χ4v) is 3.09. The molecule has 4 nitrogen and oxygen atoms in total. The van der Waals surface area contributed by atoms with Crippen molar-refractivity contribution in [3.05, 3.63) is 18.1 Å². The van der Waals surface area contributed by atoms with Gasteiger partial charge >= 0.3 is 0 Å². The molecular formula is C13H22N4S. The molecule has 1 atom stereocenters. The maximum absolute atomic E-state index is 4.67. The Bertz CT molecular complexity index is 372. The predicted molar refractivity (Wildman–Crippen MR) is 78.2 cm³/mol. The first kappa shape index (κ1) is 13.6. The molecule has 100 valence electrons. The van der Waals surface area contributed by atoms with Gasteiger partial charge in [0.1, 0.15) is 5.82 Å². The highest BCUT2D eigenvalue weighted by molar-refractivity contribution is 7.99. The maximum atomic E-state index is 4.67. The third kappa shape index (κ3) is 3.59. The highest BCUT2D eigenvalue weighted by atomic mass is 32.2. The van der Waals surface area contributed by atoms with Crippen LogP contribution >= 0.6 is 11.8 Å². The van der Waals surface area contributed by atoms with Crippen LogP contribution in [0.5, 0.6) is 0 Å². The molecule has 5 heteroatoms. The third-order valence-electron chi connectivity index (χ3n) is 3.36. The van der Waals surface area contributed by atoms with Gasteiger partial charge in [0.2, 0.25) is 0 Å². The standard InChI is InChI=1S/C13H22N4S/c1-14-8-11-9-15-10-13(16-11)17-6-3-4-12(18-2)5-7-17/h9-10,12,14H,3-8H2,1-2H3. The minimum atomic E-state index is 0.780. The van der Waals surface area contributed by atoms with E-state index in [1.807, 2.05) is 31.2 Å². The van der Waals surface area contributed by atoms with Gasteiger partial charge in [0.05, 0.1) is 11.9 Å². The second-order valence-electron chi connectivity index (χ2n) is 4.67. The number of aromatic nitrogens is 2. The van der Waals surface area contributed by atoms with Gasteiger partial charge in [0.25, 0.3) is 0 Å². The highest BCUT2D eigenvalue weighted by Crippen LogP contribution is 2.23. The average molecular weight is 266 g/mol. The van der Waals surface area contributed by atoms with Crippen LogP contribution in [-0.2, 0) is 6.54 Å². The zero-order valence-electron chi connectivity index (χ0n) is 11.2. The Morgan fingerprint density at radius 2 is 2.28 bits per heavy atom. The summed E-state index contributed by atoms with van der Waals surface area (Å²) in [6, 6.07) is 0. The molecule has 2 rings (SSSR count). The zero-order chi connectivity index (χ0) is 12.8. The fraction of sp³-hybridized carbons (Fsp3) is 0.692. The Kier molecular flexibility index (Phi) is 5.26. The molecule has 0 bridgehead atoms. The number of rotatable bonds is 4. The minimum Gasteiger partial charge on any atom is -0.355 e. The first-order valence-electron chi connectivity index (χ1n) is 6.56. The Hall–Kier alpha value is -0.810. The van der Waals surface area contributed by atoms with Gasteiger partial charge in [-0.05, 0) is 32.6 Å². The molecule has 1 aromatic heterocycles. The molecule has 0 aromatic carbocycles. The summed E-state index contributed by atoms with van der Waals surface area (Å²) in [6.07, 6.45) is 9.76. The van der Waals surface area contributed by atoms with Crippen LogP contribution in [0.4, 0.5) is 5.82 Å². The normalized spacial score (nSPS) is 20.8. The Morgan fingerprint density at radius 3 is 3.06 bits per heavy atom. The van der Waals surface area contributed by atoms with E-state index in [2.05, 4.69) is 26.4 Å². The first-order valence-corrected chi connectivity index (χ1v) is 7.85. The second kappa shape index (κ2) is 6.95.